The number of fused-ring (bicyclic) bond motifs is 1. The van der Waals surface area contributed by atoms with Gasteiger partial charge in [-0.05, 0) is 26.4 Å². The van der Waals surface area contributed by atoms with Crippen molar-refractivity contribution in [2.24, 2.45) is 4.99 Å². The van der Waals surface area contributed by atoms with Crippen LogP contribution >= 0.6 is 0 Å². The van der Waals surface area contributed by atoms with Crippen LogP contribution < -0.4 is 0 Å². The van der Waals surface area contributed by atoms with Crippen molar-refractivity contribution in [3.05, 3.63) is 5.92 Å². The SMILES string of the molecule is CN=C1[C-]2CC2(C(C)=O)N(C)C1C.[W]. The third kappa shape index (κ3) is 1.15. The summed E-state index contributed by atoms with van der Waals surface area (Å²) in [7, 11) is 3.82. The Morgan fingerprint density at radius 2 is 2.29 bits per heavy atom. The van der Waals surface area contributed by atoms with Gasteiger partial charge >= 0.3 is 0 Å². The summed E-state index contributed by atoms with van der Waals surface area (Å²) in [5.41, 5.74) is 0.867. The van der Waals surface area contributed by atoms with E-state index < -0.39 is 0 Å². The first-order valence-electron chi connectivity index (χ1n) is 4.63. The van der Waals surface area contributed by atoms with Gasteiger partial charge in [-0.25, -0.2) is 0 Å². The van der Waals surface area contributed by atoms with Gasteiger partial charge in [-0.3, -0.25) is 0 Å². The molecule has 4 heteroatoms. The first-order valence-corrected chi connectivity index (χ1v) is 4.63. The molecule has 0 aromatic rings. The first kappa shape index (κ1) is 11.9. The molecule has 1 aliphatic carbocycles. The number of likely N-dealkylation sites (N-methyl/N-ethyl adjacent to an activating group) is 1. The number of Topliss-reactive ketones (excluding diaryl/α,β-unsaturated/α-hetero) is 1. The second-order valence-electron chi connectivity index (χ2n) is 3.97. The average Bonchev–Trinajstić information content (AvgIpc) is 2.76. The molecule has 3 nitrogen and oxygen atoms in total. The van der Waals surface area contributed by atoms with Gasteiger partial charge in [0.2, 0.25) is 0 Å². The van der Waals surface area contributed by atoms with Crippen LogP contribution in [-0.4, -0.2) is 42.1 Å². The van der Waals surface area contributed by atoms with E-state index in [2.05, 4.69) is 16.8 Å². The molecule has 2 unspecified atom stereocenters. The third-order valence-corrected chi connectivity index (χ3v) is 3.52. The Bertz CT molecular complexity index is 302. The van der Waals surface area contributed by atoms with Crippen LogP contribution in [0.3, 0.4) is 0 Å². The van der Waals surface area contributed by atoms with Crippen molar-refractivity contribution < 1.29 is 25.9 Å². The van der Waals surface area contributed by atoms with Crippen LogP contribution in [-0.2, 0) is 25.9 Å². The van der Waals surface area contributed by atoms with Crippen molar-refractivity contribution in [1.82, 2.24) is 4.90 Å². The van der Waals surface area contributed by atoms with Crippen LogP contribution in [0.1, 0.15) is 20.3 Å². The quantitative estimate of drug-likeness (QED) is 0.643. The molecule has 0 N–H and O–H groups in total. The predicted molar refractivity (Wildman–Crippen MR) is 51.9 cm³/mol. The zero-order chi connectivity index (χ0) is 9.80. The van der Waals surface area contributed by atoms with Crippen LogP contribution in [0.5, 0.6) is 0 Å². The minimum atomic E-state index is -0.256. The van der Waals surface area contributed by atoms with E-state index in [0.717, 1.165) is 12.1 Å². The third-order valence-electron chi connectivity index (χ3n) is 3.52. The van der Waals surface area contributed by atoms with E-state index in [0.29, 0.717) is 6.04 Å². The average molecular weight is 363 g/mol. The van der Waals surface area contributed by atoms with Gasteiger partial charge in [-0.15, -0.1) is 5.71 Å². The molecular weight excluding hydrogens is 348 g/mol. The van der Waals surface area contributed by atoms with Crippen LogP contribution in [0, 0.1) is 5.92 Å². The summed E-state index contributed by atoms with van der Waals surface area (Å²) in [6.07, 6.45) is 0.899. The Morgan fingerprint density at radius 3 is 2.57 bits per heavy atom. The molecule has 78 valence electrons. The van der Waals surface area contributed by atoms with E-state index in [-0.39, 0.29) is 32.4 Å². The molecule has 0 bridgehead atoms. The molecule has 0 aromatic carbocycles. The first-order chi connectivity index (χ1) is 6.05. The summed E-state index contributed by atoms with van der Waals surface area (Å²) in [6, 6.07) is 0.303. The van der Waals surface area contributed by atoms with Crippen molar-refractivity contribution in [3.8, 4) is 0 Å². The molecule has 2 fully saturated rings. The van der Waals surface area contributed by atoms with Crippen LogP contribution in [0.2, 0.25) is 0 Å². The number of likely N-dealkylation sites (tertiary alicyclic amines) is 1. The maximum absolute atomic E-state index is 11.5. The fraction of sp³-hybridized carbons (Fsp3) is 0.700. The number of piperidine rings is 1. The molecule has 2 rings (SSSR count). The van der Waals surface area contributed by atoms with Crippen molar-refractivity contribution in [2.45, 2.75) is 31.8 Å². The largest absolute Gasteiger partial charge is 0.327 e. The molecule has 14 heavy (non-hydrogen) atoms. The summed E-state index contributed by atoms with van der Waals surface area (Å²) in [4.78, 5) is 17.9. The summed E-state index contributed by atoms with van der Waals surface area (Å²) in [6.45, 7) is 3.78. The smallest absolute Gasteiger partial charge is 0.120 e. The molecule has 2 atom stereocenters. The van der Waals surface area contributed by atoms with Crippen molar-refractivity contribution in [2.75, 3.05) is 14.1 Å². The number of nitrogens with zero attached hydrogens (tertiary/aromatic N) is 2. The van der Waals surface area contributed by atoms with Gasteiger partial charge in [-0.2, -0.15) is 6.42 Å². The molecule has 1 saturated carbocycles. The van der Waals surface area contributed by atoms with Crippen molar-refractivity contribution in [3.63, 3.8) is 0 Å². The van der Waals surface area contributed by atoms with E-state index in [1.807, 2.05) is 7.05 Å². The van der Waals surface area contributed by atoms with E-state index in [4.69, 9.17) is 0 Å². The van der Waals surface area contributed by atoms with Gasteiger partial charge in [-0.1, -0.05) is 0 Å². The van der Waals surface area contributed by atoms with E-state index in [1.165, 1.54) is 5.92 Å². The Kier molecular flexibility index (Phi) is 2.95. The molecule has 1 heterocycles. The molecule has 2 aliphatic rings. The number of hydrogen-bond acceptors (Lipinski definition) is 3. The van der Waals surface area contributed by atoms with Gasteiger partial charge in [0.15, 0.2) is 0 Å². The second-order valence-corrected chi connectivity index (χ2v) is 3.97. The topological polar surface area (TPSA) is 32.7 Å². The summed E-state index contributed by atoms with van der Waals surface area (Å²) < 4.78 is 0. The zero-order valence-corrected chi connectivity index (χ0v) is 11.9. The van der Waals surface area contributed by atoms with Crippen LogP contribution in [0.4, 0.5) is 0 Å². The molecule has 0 radical (unpaired) electrons. The van der Waals surface area contributed by atoms with E-state index in [1.54, 1.807) is 14.0 Å². The van der Waals surface area contributed by atoms with E-state index in [9.17, 15) is 4.79 Å². The van der Waals surface area contributed by atoms with Crippen molar-refractivity contribution >= 4 is 11.5 Å². The van der Waals surface area contributed by atoms with Crippen LogP contribution in [0.15, 0.2) is 4.99 Å². The maximum atomic E-state index is 11.5. The molecule has 0 spiro atoms. The molecule has 1 aliphatic heterocycles. The monoisotopic (exact) mass is 363 g/mol. The van der Waals surface area contributed by atoms with Crippen molar-refractivity contribution in [1.29, 1.82) is 0 Å². The molecule has 1 saturated heterocycles. The predicted octanol–water partition coefficient (Wildman–Crippen LogP) is 0.695. The molecule has 0 aromatic heterocycles. The van der Waals surface area contributed by atoms with Gasteiger partial charge in [0, 0.05) is 34.2 Å². The fourth-order valence-corrected chi connectivity index (χ4v) is 2.52. The number of rotatable bonds is 1. The fourth-order valence-electron chi connectivity index (χ4n) is 2.52. The Balaban J connectivity index is 0.000000980. The normalized spacial score (nSPS) is 38.1. The second kappa shape index (κ2) is 3.46. The Labute approximate surface area is 99.2 Å². The number of carbonyl (C=O) groups is 1. The van der Waals surface area contributed by atoms with Gasteiger partial charge in [0.1, 0.15) is 5.78 Å². The summed E-state index contributed by atoms with van der Waals surface area (Å²) in [5, 5.41) is 0. The summed E-state index contributed by atoms with van der Waals surface area (Å²) in [5.74, 6) is 1.51. The number of ketones is 1. The van der Waals surface area contributed by atoms with E-state index >= 15 is 0 Å². The standard InChI is InChI=1S/C10H15N2O.W/c1-6-9(11-3)8-5-10(8,7(2)13)12(6)4;/h6H,5H2,1-4H3;/q-1;. The number of hydrogen-bond donors (Lipinski definition) is 0. The minimum Gasteiger partial charge on any atom is -0.327 e. The van der Waals surface area contributed by atoms with Crippen LogP contribution in [0.25, 0.3) is 0 Å². The molecular formula is C10H15N2OW-. The Hall–Kier alpha value is -0.142. The molecule has 0 amide bonds. The number of aliphatic imine (C=N–C) groups is 1. The van der Waals surface area contributed by atoms with Gasteiger partial charge in [0.25, 0.3) is 0 Å². The van der Waals surface area contributed by atoms with Gasteiger partial charge in [0.05, 0.1) is 0 Å². The Morgan fingerprint density at radius 1 is 1.71 bits per heavy atom. The minimum absolute atomic E-state index is 0. The summed E-state index contributed by atoms with van der Waals surface area (Å²) >= 11 is 0. The zero-order valence-electron chi connectivity index (χ0n) is 9.00. The van der Waals surface area contributed by atoms with Gasteiger partial charge < -0.3 is 20.6 Å². The number of carbonyl (C=O) groups excluding carboxylic acids is 1. The maximum Gasteiger partial charge on any atom is 0.120 e.